The van der Waals surface area contributed by atoms with Gasteiger partial charge >= 0.3 is 0 Å². The number of rotatable bonds is 7. The smallest absolute Gasteiger partial charge is 0.251 e. The van der Waals surface area contributed by atoms with Gasteiger partial charge in [-0.3, -0.25) is 14.0 Å². The molecule has 2 atom stereocenters. The molecular formula is C25H25N5O2S. The molecule has 2 aromatic heterocycles. The standard InChI is InChI=1S/C25H25N5O2S/c1-16(19-5-4-6-20-21(25(31)26-2)11-12-27-24(19)20)14-28-23-13-22(29-15-30-23)17-7-9-18(10-8-17)33(3)32/h4-13,15-16H,14H2,1-3H3,(H,26,31)(H,28,29,30). The number of fused-ring (bicyclic) bond motifs is 1. The average Bonchev–Trinajstić information content (AvgIpc) is 2.86. The lowest BCUT2D eigenvalue weighted by Crippen LogP contribution is -2.18. The summed E-state index contributed by atoms with van der Waals surface area (Å²) in [6.07, 6.45) is 4.86. The van der Waals surface area contributed by atoms with Crippen molar-refractivity contribution in [1.29, 1.82) is 0 Å². The summed E-state index contributed by atoms with van der Waals surface area (Å²) in [6.45, 7) is 2.75. The number of carbonyl (C=O) groups is 1. The quantitative estimate of drug-likeness (QED) is 0.434. The third-order valence-electron chi connectivity index (χ3n) is 5.54. The van der Waals surface area contributed by atoms with Gasteiger partial charge in [0, 0.05) is 64.7 Å². The van der Waals surface area contributed by atoms with Gasteiger partial charge in [0.2, 0.25) is 0 Å². The first-order valence-electron chi connectivity index (χ1n) is 10.6. The first-order chi connectivity index (χ1) is 16.0. The Morgan fingerprint density at radius 1 is 1.06 bits per heavy atom. The van der Waals surface area contributed by atoms with Crippen LogP contribution in [-0.4, -0.2) is 44.9 Å². The van der Waals surface area contributed by atoms with E-state index < -0.39 is 10.8 Å². The van der Waals surface area contributed by atoms with Crippen molar-refractivity contribution in [3.8, 4) is 11.3 Å². The van der Waals surface area contributed by atoms with Crippen molar-refractivity contribution >= 4 is 33.4 Å². The average molecular weight is 460 g/mol. The predicted molar refractivity (Wildman–Crippen MR) is 132 cm³/mol. The molecule has 0 fully saturated rings. The minimum absolute atomic E-state index is 0.123. The van der Waals surface area contributed by atoms with Crippen molar-refractivity contribution in [2.45, 2.75) is 17.7 Å². The van der Waals surface area contributed by atoms with Gasteiger partial charge in [-0.1, -0.05) is 37.3 Å². The summed E-state index contributed by atoms with van der Waals surface area (Å²) >= 11 is 0. The summed E-state index contributed by atoms with van der Waals surface area (Å²) in [5, 5.41) is 6.91. The van der Waals surface area contributed by atoms with Gasteiger partial charge in [-0.05, 0) is 23.8 Å². The molecule has 2 N–H and O–H groups in total. The van der Waals surface area contributed by atoms with Gasteiger partial charge in [-0.15, -0.1) is 0 Å². The van der Waals surface area contributed by atoms with Crippen LogP contribution in [0.4, 0.5) is 5.82 Å². The van der Waals surface area contributed by atoms with Crippen LogP contribution in [0.1, 0.15) is 28.8 Å². The highest BCUT2D eigenvalue weighted by molar-refractivity contribution is 7.84. The fraction of sp³-hybridized carbons (Fsp3) is 0.200. The van der Waals surface area contributed by atoms with Crippen LogP contribution in [0.3, 0.4) is 0 Å². The summed E-state index contributed by atoms with van der Waals surface area (Å²) < 4.78 is 11.6. The zero-order chi connectivity index (χ0) is 23.4. The van der Waals surface area contributed by atoms with E-state index >= 15 is 0 Å². The van der Waals surface area contributed by atoms with Crippen molar-refractivity contribution in [2.75, 3.05) is 25.2 Å². The maximum atomic E-state index is 12.2. The van der Waals surface area contributed by atoms with Crippen LogP contribution >= 0.6 is 0 Å². The number of carbonyl (C=O) groups excluding carboxylic acids is 1. The van der Waals surface area contributed by atoms with Crippen molar-refractivity contribution < 1.29 is 9.00 Å². The number of amides is 1. The molecule has 1 amide bonds. The molecule has 0 saturated carbocycles. The Morgan fingerprint density at radius 2 is 1.85 bits per heavy atom. The molecule has 0 saturated heterocycles. The van der Waals surface area contributed by atoms with E-state index in [1.54, 1.807) is 25.6 Å². The maximum absolute atomic E-state index is 12.2. The van der Waals surface area contributed by atoms with Gasteiger partial charge in [0.15, 0.2) is 0 Å². The Morgan fingerprint density at radius 3 is 2.58 bits per heavy atom. The SMILES string of the molecule is CNC(=O)c1ccnc2c(C(C)CNc3cc(-c4ccc(S(C)=O)cc4)ncn3)cccc12. The number of nitrogens with one attached hydrogen (secondary N) is 2. The Balaban J connectivity index is 1.53. The molecule has 8 heteroatoms. The minimum Gasteiger partial charge on any atom is -0.369 e. The van der Waals surface area contributed by atoms with Crippen LogP contribution < -0.4 is 10.6 Å². The van der Waals surface area contributed by atoms with Crippen LogP contribution in [0, 0.1) is 0 Å². The van der Waals surface area contributed by atoms with Crippen LogP contribution in [0.25, 0.3) is 22.2 Å². The lowest BCUT2D eigenvalue weighted by Gasteiger charge is -2.16. The van der Waals surface area contributed by atoms with Gasteiger partial charge in [0.05, 0.1) is 16.8 Å². The zero-order valence-corrected chi connectivity index (χ0v) is 19.5. The Kier molecular flexibility index (Phi) is 6.74. The molecule has 0 aliphatic heterocycles. The van der Waals surface area contributed by atoms with E-state index in [1.165, 1.54) is 6.33 Å². The van der Waals surface area contributed by atoms with Gasteiger partial charge < -0.3 is 10.6 Å². The van der Waals surface area contributed by atoms with E-state index in [1.807, 2.05) is 48.5 Å². The first-order valence-corrected chi connectivity index (χ1v) is 12.1. The molecule has 0 aliphatic rings. The second-order valence-corrected chi connectivity index (χ2v) is 9.11. The second kappa shape index (κ2) is 9.87. The summed E-state index contributed by atoms with van der Waals surface area (Å²) in [5.74, 6) is 0.713. The van der Waals surface area contributed by atoms with E-state index in [4.69, 9.17) is 0 Å². The van der Waals surface area contributed by atoms with E-state index in [0.717, 1.165) is 32.6 Å². The van der Waals surface area contributed by atoms with E-state index in [2.05, 4.69) is 32.5 Å². The minimum atomic E-state index is -1.01. The van der Waals surface area contributed by atoms with Crippen LogP contribution in [0.5, 0.6) is 0 Å². The molecule has 2 aromatic carbocycles. The number of nitrogens with zero attached hydrogens (tertiary/aromatic N) is 3. The number of hydrogen-bond acceptors (Lipinski definition) is 6. The van der Waals surface area contributed by atoms with Crippen molar-refractivity contribution in [3.63, 3.8) is 0 Å². The van der Waals surface area contributed by atoms with Crippen molar-refractivity contribution in [1.82, 2.24) is 20.3 Å². The molecule has 0 aliphatic carbocycles. The number of anilines is 1. The highest BCUT2D eigenvalue weighted by Crippen LogP contribution is 2.27. The maximum Gasteiger partial charge on any atom is 0.251 e. The Hall–Kier alpha value is -3.65. The molecule has 0 radical (unpaired) electrons. The van der Waals surface area contributed by atoms with Crippen molar-refractivity contribution in [2.24, 2.45) is 0 Å². The Labute approximate surface area is 195 Å². The topological polar surface area (TPSA) is 96.9 Å². The van der Waals surface area contributed by atoms with Gasteiger partial charge in [0.25, 0.3) is 5.91 Å². The second-order valence-electron chi connectivity index (χ2n) is 7.73. The fourth-order valence-electron chi connectivity index (χ4n) is 3.73. The summed E-state index contributed by atoms with van der Waals surface area (Å²) in [5.41, 5.74) is 4.22. The molecule has 2 unspecified atom stereocenters. The third-order valence-corrected chi connectivity index (χ3v) is 6.48. The summed E-state index contributed by atoms with van der Waals surface area (Å²) in [4.78, 5) is 26.3. The lowest BCUT2D eigenvalue weighted by atomic mass is 9.96. The largest absolute Gasteiger partial charge is 0.369 e. The normalized spacial score (nSPS) is 12.8. The number of pyridine rings is 1. The summed E-state index contributed by atoms with van der Waals surface area (Å²) in [7, 11) is 0.613. The van der Waals surface area contributed by atoms with E-state index in [9.17, 15) is 9.00 Å². The van der Waals surface area contributed by atoms with Crippen LogP contribution in [0.2, 0.25) is 0 Å². The predicted octanol–water partition coefficient (Wildman–Crippen LogP) is 4.00. The highest BCUT2D eigenvalue weighted by Gasteiger charge is 2.15. The molecule has 4 rings (SSSR count). The fourth-order valence-corrected chi connectivity index (χ4v) is 4.25. The molecule has 7 nitrogen and oxygen atoms in total. The monoisotopic (exact) mass is 459 g/mol. The molecule has 2 heterocycles. The lowest BCUT2D eigenvalue weighted by molar-refractivity contribution is 0.0964. The molecular weight excluding hydrogens is 434 g/mol. The molecule has 0 bridgehead atoms. The molecule has 33 heavy (non-hydrogen) atoms. The molecule has 168 valence electrons. The molecule has 4 aromatic rings. The van der Waals surface area contributed by atoms with Crippen molar-refractivity contribution in [3.05, 3.63) is 78.2 Å². The van der Waals surface area contributed by atoms with Gasteiger partial charge in [0.1, 0.15) is 12.1 Å². The highest BCUT2D eigenvalue weighted by atomic mass is 32.2. The number of hydrogen-bond donors (Lipinski definition) is 2. The number of aromatic nitrogens is 3. The molecule has 0 spiro atoms. The number of para-hydroxylation sites is 1. The zero-order valence-electron chi connectivity index (χ0n) is 18.7. The van der Waals surface area contributed by atoms with Crippen LogP contribution in [-0.2, 0) is 10.8 Å². The summed E-state index contributed by atoms with van der Waals surface area (Å²) in [6, 6.07) is 17.1. The van der Waals surface area contributed by atoms with E-state index in [0.29, 0.717) is 17.9 Å². The Bertz CT molecular complexity index is 1320. The van der Waals surface area contributed by atoms with E-state index in [-0.39, 0.29) is 11.8 Å². The van der Waals surface area contributed by atoms with Crippen LogP contribution in [0.15, 0.2) is 72.0 Å². The third kappa shape index (κ3) is 4.90. The van der Waals surface area contributed by atoms with Gasteiger partial charge in [-0.2, -0.15) is 0 Å². The number of benzene rings is 2. The van der Waals surface area contributed by atoms with Gasteiger partial charge in [-0.25, -0.2) is 9.97 Å². The first kappa shape index (κ1) is 22.5.